The SMILES string of the molecule is CC[C@@H](C(=O)NC(C)(C)C)N(Cc1ccc(F)cc1)C(=O)Cc1ccc(Cl)cc1Cl. The summed E-state index contributed by atoms with van der Waals surface area (Å²) in [6, 6.07) is 10.2. The number of nitrogens with zero attached hydrogens (tertiary/aromatic N) is 1. The molecule has 0 aliphatic rings. The van der Waals surface area contributed by atoms with Crippen LogP contribution < -0.4 is 5.32 Å². The van der Waals surface area contributed by atoms with Crippen molar-refractivity contribution >= 4 is 35.0 Å². The number of carbonyl (C=O) groups is 2. The first-order valence-corrected chi connectivity index (χ1v) is 10.6. The van der Waals surface area contributed by atoms with Crippen LogP contribution in [0.2, 0.25) is 10.0 Å². The second-order valence-corrected chi connectivity index (χ2v) is 9.07. The minimum absolute atomic E-state index is 0.0243. The van der Waals surface area contributed by atoms with Gasteiger partial charge in [0.1, 0.15) is 11.9 Å². The molecule has 0 aliphatic heterocycles. The Hall–Kier alpha value is -2.11. The van der Waals surface area contributed by atoms with Crippen LogP contribution in [0.25, 0.3) is 0 Å². The highest BCUT2D eigenvalue weighted by Crippen LogP contribution is 2.23. The van der Waals surface area contributed by atoms with Crippen molar-refractivity contribution in [1.29, 1.82) is 0 Å². The molecule has 7 heteroatoms. The molecule has 1 N–H and O–H groups in total. The second kappa shape index (κ2) is 10.3. The van der Waals surface area contributed by atoms with Crippen molar-refractivity contribution < 1.29 is 14.0 Å². The number of rotatable bonds is 7. The Bertz CT molecular complexity index is 895. The van der Waals surface area contributed by atoms with Gasteiger partial charge in [-0.2, -0.15) is 0 Å². The van der Waals surface area contributed by atoms with Crippen molar-refractivity contribution in [2.45, 2.75) is 58.7 Å². The van der Waals surface area contributed by atoms with E-state index in [1.54, 1.807) is 30.3 Å². The van der Waals surface area contributed by atoms with Crippen LogP contribution in [0.5, 0.6) is 0 Å². The van der Waals surface area contributed by atoms with E-state index in [4.69, 9.17) is 23.2 Å². The summed E-state index contributed by atoms with van der Waals surface area (Å²) in [7, 11) is 0. The highest BCUT2D eigenvalue weighted by atomic mass is 35.5. The zero-order chi connectivity index (χ0) is 22.5. The van der Waals surface area contributed by atoms with Crippen LogP contribution in [-0.2, 0) is 22.6 Å². The van der Waals surface area contributed by atoms with Gasteiger partial charge in [-0.25, -0.2) is 4.39 Å². The van der Waals surface area contributed by atoms with Crippen LogP contribution in [0.15, 0.2) is 42.5 Å². The van der Waals surface area contributed by atoms with Gasteiger partial charge in [0.15, 0.2) is 0 Å². The Morgan fingerprint density at radius 1 is 1.10 bits per heavy atom. The molecule has 2 rings (SSSR count). The molecule has 0 spiro atoms. The van der Waals surface area contributed by atoms with Crippen molar-refractivity contribution in [3.05, 3.63) is 69.5 Å². The average Bonchev–Trinajstić information content (AvgIpc) is 2.64. The lowest BCUT2D eigenvalue weighted by Gasteiger charge is -2.33. The van der Waals surface area contributed by atoms with Gasteiger partial charge in [-0.05, 0) is 62.6 Å². The van der Waals surface area contributed by atoms with Gasteiger partial charge in [0.2, 0.25) is 11.8 Å². The maximum atomic E-state index is 13.3. The van der Waals surface area contributed by atoms with Gasteiger partial charge < -0.3 is 10.2 Å². The monoisotopic (exact) mass is 452 g/mol. The number of hydrogen-bond donors (Lipinski definition) is 1. The summed E-state index contributed by atoms with van der Waals surface area (Å²) in [5, 5.41) is 3.82. The van der Waals surface area contributed by atoms with Crippen LogP contribution in [0.1, 0.15) is 45.2 Å². The molecule has 2 aromatic rings. The molecule has 162 valence electrons. The van der Waals surface area contributed by atoms with Gasteiger partial charge in [0.05, 0.1) is 6.42 Å². The van der Waals surface area contributed by atoms with E-state index in [1.807, 2.05) is 27.7 Å². The van der Waals surface area contributed by atoms with Gasteiger partial charge in [-0.3, -0.25) is 9.59 Å². The molecule has 0 bridgehead atoms. The first kappa shape index (κ1) is 24.2. The zero-order valence-corrected chi connectivity index (χ0v) is 19.1. The molecule has 2 amide bonds. The number of halogens is 3. The lowest BCUT2D eigenvalue weighted by Crippen LogP contribution is -2.53. The van der Waals surface area contributed by atoms with Crippen LogP contribution in [0.3, 0.4) is 0 Å². The van der Waals surface area contributed by atoms with E-state index in [9.17, 15) is 14.0 Å². The molecule has 30 heavy (non-hydrogen) atoms. The van der Waals surface area contributed by atoms with E-state index in [0.717, 1.165) is 5.56 Å². The Morgan fingerprint density at radius 3 is 2.27 bits per heavy atom. The maximum Gasteiger partial charge on any atom is 0.243 e. The fraction of sp³-hybridized carbons (Fsp3) is 0.391. The predicted octanol–water partition coefficient (Wildman–Crippen LogP) is 5.40. The number of hydrogen-bond acceptors (Lipinski definition) is 2. The molecule has 0 fully saturated rings. The minimum atomic E-state index is -0.673. The van der Waals surface area contributed by atoms with E-state index in [2.05, 4.69) is 5.32 Å². The largest absolute Gasteiger partial charge is 0.350 e. The van der Waals surface area contributed by atoms with Crippen LogP contribution >= 0.6 is 23.2 Å². The molecule has 0 radical (unpaired) electrons. The summed E-state index contributed by atoms with van der Waals surface area (Å²) < 4.78 is 13.3. The summed E-state index contributed by atoms with van der Waals surface area (Å²) in [6.07, 6.45) is 0.458. The van der Waals surface area contributed by atoms with Crippen LogP contribution in [-0.4, -0.2) is 28.3 Å². The first-order valence-electron chi connectivity index (χ1n) is 9.80. The molecule has 0 saturated heterocycles. The summed E-state index contributed by atoms with van der Waals surface area (Å²) in [6.45, 7) is 7.69. The number of benzene rings is 2. The Kier molecular flexibility index (Phi) is 8.27. The fourth-order valence-corrected chi connectivity index (χ4v) is 3.56. The Balaban J connectivity index is 2.33. The molecule has 0 aliphatic carbocycles. The summed E-state index contributed by atoms with van der Waals surface area (Å²) in [5.41, 5.74) is 0.921. The topological polar surface area (TPSA) is 49.4 Å². The van der Waals surface area contributed by atoms with Gasteiger partial charge in [-0.15, -0.1) is 0 Å². The summed E-state index contributed by atoms with van der Waals surface area (Å²) in [4.78, 5) is 27.7. The fourth-order valence-electron chi connectivity index (χ4n) is 3.09. The van der Waals surface area contributed by atoms with Crippen molar-refractivity contribution in [3.63, 3.8) is 0 Å². The van der Waals surface area contributed by atoms with Crippen molar-refractivity contribution in [2.24, 2.45) is 0 Å². The molecule has 2 aromatic carbocycles. The van der Waals surface area contributed by atoms with E-state index in [1.165, 1.54) is 17.0 Å². The molecule has 0 saturated carbocycles. The molecule has 1 atom stereocenters. The minimum Gasteiger partial charge on any atom is -0.350 e. The third-order valence-electron chi connectivity index (χ3n) is 4.51. The zero-order valence-electron chi connectivity index (χ0n) is 17.6. The molecule has 0 heterocycles. The Morgan fingerprint density at radius 2 is 1.73 bits per heavy atom. The highest BCUT2D eigenvalue weighted by molar-refractivity contribution is 6.35. The lowest BCUT2D eigenvalue weighted by molar-refractivity contribution is -0.141. The Labute approximate surface area is 187 Å². The highest BCUT2D eigenvalue weighted by Gasteiger charge is 2.30. The number of nitrogens with one attached hydrogen (secondary N) is 1. The first-order chi connectivity index (χ1) is 14.0. The smallest absolute Gasteiger partial charge is 0.243 e. The van der Waals surface area contributed by atoms with Crippen molar-refractivity contribution in [3.8, 4) is 0 Å². The van der Waals surface area contributed by atoms with E-state index in [0.29, 0.717) is 22.0 Å². The van der Waals surface area contributed by atoms with Crippen molar-refractivity contribution in [1.82, 2.24) is 10.2 Å². The van der Waals surface area contributed by atoms with E-state index in [-0.39, 0.29) is 30.6 Å². The van der Waals surface area contributed by atoms with Gasteiger partial charge >= 0.3 is 0 Å². The summed E-state index contributed by atoms with van der Waals surface area (Å²) in [5.74, 6) is -0.843. The average molecular weight is 453 g/mol. The summed E-state index contributed by atoms with van der Waals surface area (Å²) >= 11 is 12.2. The predicted molar refractivity (Wildman–Crippen MR) is 119 cm³/mol. The van der Waals surface area contributed by atoms with Crippen molar-refractivity contribution in [2.75, 3.05) is 0 Å². The number of amides is 2. The molecule has 0 aromatic heterocycles. The molecular weight excluding hydrogens is 426 g/mol. The standard InChI is InChI=1S/C23H27Cl2FN2O2/c1-5-20(22(30)27-23(2,3)4)28(14-15-6-10-18(26)11-7-15)21(29)12-16-8-9-17(24)13-19(16)25/h6-11,13,20H,5,12,14H2,1-4H3,(H,27,30)/t20-/m0/s1. The lowest BCUT2D eigenvalue weighted by atomic mass is 10.0. The van der Waals surface area contributed by atoms with Crippen LogP contribution in [0.4, 0.5) is 4.39 Å². The van der Waals surface area contributed by atoms with Gasteiger partial charge in [0.25, 0.3) is 0 Å². The third kappa shape index (κ3) is 6.99. The van der Waals surface area contributed by atoms with E-state index < -0.39 is 11.6 Å². The molecular formula is C23H27Cl2FN2O2. The van der Waals surface area contributed by atoms with Gasteiger partial charge in [-0.1, -0.05) is 48.3 Å². The third-order valence-corrected chi connectivity index (χ3v) is 5.09. The number of carbonyl (C=O) groups excluding carboxylic acids is 2. The van der Waals surface area contributed by atoms with E-state index >= 15 is 0 Å². The van der Waals surface area contributed by atoms with Crippen LogP contribution in [0, 0.1) is 5.82 Å². The normalized spacial score (nSPS) is 12.4. The quantitative estimate of drug-likeness (QED) is 0.611. The molecule has 0 unspecified atom stereocenters. The maximum absolute atomic E-state index is 13.3. The second-order valence-electron chi connectivity index (χ2n) is 8.22. The van der Waals surface area contributed by atoms with Gasteiger partial charge in [0, 0.05) is 22.1 Å². The molecule has 4 nitrogen and oxygen atoms in total.